The molecule has 1 aromatic carbocycles. The van der Waals surface area contributed by atoms with Gasteiger partial charge in [-0.1, -0.05) is 38.1 Å². The Labute approximate surface area is 117 Å². The van der Waals surface area contributed by atoms with Gasteiger partial charge in [0.2, 0.25) is 0 Å². The summed E-state index contributed by atoms with van der Waals surface area (Å²) in [4.78, 5) is 0. The molecule has 0 spiro atoms. The van der Waals surface area contributed by atoms with Gasteiger partial charge in [-0.2, -0.15) is 13.2 Å². The van der Waals surface area contributed by atoms with Gasteiger partial charge in [-0.05, 0) is 29.9 Å². The van der Waals surface area contributed by atoms with Gasteiger partial charge < -0.3 is 11.1 Å². The molecule has 20 heavy (non-hydrogen) atoms. The van der Waals surface area contributed by atoms with Gasteiger partial charge in [-0.3, -0.25) is 0 Å². The molecule has 0 saturated heterocycles. The molecule has 0 fully saturated rings. The van der Waals surface area contributed by atoms with Crippen molar-refractivity contribution < 1.29 is 13.2 Å². The molecule has 0 bridgehead atoms. The van der Waals surface area contributed by atoms with E-state index in [1.807, 2.05) is 38.1 Å². The average molecular weight is 286 g/mol. The molecular formula is C15H21F3N2. The highest BCUT2D eigenvalue weighted by Gasteiger charge is 2.42. The Morgan fingerprint density at radius 3 is 2.10 bits per heavy atom. The molecule has 3 N–H and O–H groups in total. The van der Waals surface area contributed by atoms with Crippen LogP contribution in [0.2, 0.25) is 0 Å². The van der Waals surface area contributed by atoms with Gasteiger partial charge in [0.15, 0.2) is 0 Å². The maximum Gasteiger partial charge on any atom is 0.404 e. The van der Waals surface area contributed by atoms with Gasteiger partial charge >= 0.3 is 6.18 Å². The van der Waals surface area contributed by atoms with E-state index < -0.39 is 12.2 Å². The summed E-state index contributed by atoms with van der Waals surface area (Å²) in [5.41, 5.74) is 7.31. The zero-order valence-electron chi connectivity index (χ0n) is 11.8. The lowest BCUT2D eigenvalue weighted by Crippen LogP contribution is -2.56. The van der Waals surface area contributed by atoms with E-state index in [9.17, 15) is 13.2 Å². The minimum Gasteiger partial charge on any atom is -0.319 e. The van der Waals surface area contributed by atoms with E-state index in [4.69, 9.17) is 5.73 Å². The molecule has 0 aromatic heterocycles. The van der Waals surface area contributed by atoms with Crippen LogP contribution >= 0.6 is 0 Å². The number of hydrogen-bond acceptors (Lipinski definition) is 2. The molecule has 0 heterocycles. The zero-order valence-corrected chi connectivity index (χ0v) is 11.8. The zero-order chi connectivity index (χ0) is 15.0. The van der Waals surface area contributed by atoms with Gasteiger partial charge in [0.25, 0.3) is 0 Å². The Kier molecular flexibility index (Phi) is 4.12. The minimum absolute atomic E-state index is 0.232. The van der Waals surface area contributed by atoms with E-state index in [-0.39, 0.29) is 18.0 Å². The molecule has 0 aliphatic heterocycles. The molecule has 2 nitrogen and oxygen atoms in total. The molecule has 0 saturated carbocycles. The number of nitrogens with two attached hydrogens (primary N) is 1. The largest absolute Gasteiger partial charge is 0.404 e. The first-order valence-corrected chi connectivity index (χ1v) is 6.89. The monoisotopic (exact) mass is 286 g/mol. The van der Waals surface area contributed by atoms with Crippen molar-refractivity contribution in [2.75, 3.05) is 6.54 Å². The molecule has 1 aliphatic rings. The van der Waals surface area contributed by atoms with Crippen molar-refractivity contribution >= 4 is 0 Å². The second kappa shape index (κ2) is 5.37. The molecule has 0 radical (unpaired) electrons. The predicted octanol–water partition coefficient (Wildman–Crippen LogP) is 2.66. The Bertz CT molecular complexity index is 443. The van der Waals surface area contributed by atoms with E-state index in [2.05, 4.69) is 5.32 Å². The van der Waals surface area contributed by atoms with Gasteiger partial charge in [0.1, 0.15) is 6.04 Å². The fourth-order valence-corrected chi connectivity index (χ4v) is 2.81. The first-order chi connectivity index (χ1) is 9.24. The maximum absolute atomic E-state index is 12.5. The number of rotatable bonds is 4. The third kappa shape index (κ3) is 2.99. The number of alkyl halides is 3. The van der Waals surface area contributed by atoms with Crippen LogP contribution in [-0.2, 0) is 12.8 Å². The predicted molar refractivity (Wildman–Crippen MR) is 73.5 cm³/mol. The Morgan fingerprint density at radius 1 is 1.20 bits per heavy atom. The summed E-state index contributed by atoms with van der Waals surface area (Å²) in [5, 5.41) is 3.10. The fraction of sp³-hybridized carbons (Fsp3) is 0.600. The molecule has 2 rings (SSSR count). The standard InChI is InChI=1S/C15H21F3N2/c1-10(2)14(20-9-13(19)15(16,17)18)7-11-5-3-4-6-12(11)8-14/h3-6,10,13,20H,7-9,19H2,1-2H3. The average Bonchev–Trinajstić information content (AvgIpc) is 2.74. The van der Waals surface area contributed by atoms with Crippen LogP contribution in [0.5, 0.6) is 0 Å². The van der Waals surface area contributed by atoms with Gasteiger partial charge in [0.05, 0.1) is 0 Å². The van der Waals surface area contributed by atoms with Crippen LogP contribution < -0.4 is 11.1 Å². The highest BCUT2D eigenvalue weighted by Crippen LogP contribution is 2.35. The summed E-state index contributed by atoms with van der Waals surface area (Å²) in [5.74, 6) is 0.232. The maximum atomic E-state index is 12.5. The number of halogens is 3. The first kappa shape index (κ1) is 15.3. The number of hydrogen-bond donors (Lipinski definition) is 2. The topological polar surface area (TPSA) is 38.0 Å². The lowest BCUT2D eigenvalue weighted by molar-refractivity contribution is -0.147. The van der Waals surface area contributed by atoms with Crippen molar-refractivity contribution in [2.45, 2.75) is 44.4 Å². The van der Waals surface area contributed by atoms with Gasteiger partial charge in [-0.15, -0.1) is 0 Å². The van der Waals surface area contributed by atoms with E-state index in [1.54, 1.807) is 0 Å². The van der Waals surface area contributed by atoms with E-state index in [1.165, 1.54) is 11.1 Å². The second-order valence-electron chi connectivity index (χ2n) is 5.96. The number of benzene rings is 1. The first-order valence-electron chi connectivity index (χ1n) is 6.89. The molecular weight excluding hydrogens is 265 g/mol. The SMILES string of the molecule is CC(C)C1(NCC(N)C(F)(F)F)Cc2ccccc2C1. The van der Waals surface area contributed by atoms with Crippen molar-refractivity contribution in [1.82, 2.24) is 5.32 Å². The van der Waals surface area contributed by atoms with Crippen LogP contribution in [0.1, 0.15) is 25.0 Å². The highest BCUT2D eigenvalue weighted by molar-refractivity contribution is 5.36. The van der Waals surface area contributed by atoms with E-state index in [0.29, 0.717) is 0 Å². The molecule has 112 valence electrons. The van der Waals surface area contributed by atoms with Gasteiger partial charge in [-0.25, -0.2) is 0 Å². The van der Waals surface area contributed by atoms with Crippen LogP contribution in [0.3, 0.4) is 0 Å². The third-order valence-corrected chi connectivity index (χ3v) is 4.33. The van der Waals surface area contributed by atoms with Crippen LogP contribution in [0, 0.1) is 5.92 Å². The number of fused-ring (bicyclic) bond motifs is 1. The summed E-state index contributed by atoms with van der Waals surface area (Å²) >= 11 is 0. The van der Waals surface area contributed by atoms with E-state index in [0.717, 1.165) is 12.8 Å². The summed E-state index contributed by atoms with van der Waals surface area (Å²) in [6.07, 6.45) is -2.84. The summed E-state index contributed by atoms with van der Waals surface area (Å²) in [6, 6.07) is 6.21. The van der Waals surface area contributed by atoms with Crippen molar-refractivity contribution in [3.63, 3.8) is 0 Å². The van der Waals surface area contributed by atoms with Crippen LogP contribution in [0.25, 0.3) is 0 Å². The minimum atomic E-state index is -4.35. The smallest absolute Gasteiger partial charge is 0.319 e. The highest BCUT2D eigenvalue weighted by atomic mass is 19.4. The molecule has 1 unspecified atom stereocenters. The van der Waals surface area contributed by atoms with Crippen molar-refractivity contribution in [1.29, 1.82) is 0 Å². The Balaban J connectivity index is 2.11. The van der Waals surface area contributed by atoms with Gasteiger partial charge in [0, 0.05) is 12.1 Å². The summed E-state index contributed by atoms with van der Waals surface area (Å²) in [7, 11) is 0. The lowest BCUT2D eigenvalue weighted by atomic mass is 9.83. The Hall–Kier alpha value is -1.07. The fourth-order valence-electron chi connectivity index (χ4n) is 2.81. The van der Waals surface area contributed by atoms with Crippen molar-refractivity contribution in [3.05, 3.63) is 35.4 Å². The molecule has 1 aliphatic carbocycles. The quantitative estimate of drug-likeness (QED) is 0.893. The Morgan fingerprint density at radius 2 is 1.70 bits per heavy atom. The normalized spacial score (nSPS) is 19.1. The van der Waals surface area contributed by atoms with Crippen molar-refractivity contribution in [2.24, 2.45) is 11.7 Å². The summed E-state index contributed by atoms with van der Waals surface area (Å²) < 4.78 is 37.6. The lowest BCUT2D eigenvalue weighted by Gasteiger charge is -2.36. The molecule has 1 atom stereocenters. The van der Waals surface area contributed by atoms with Crippen LogP contribution in [-0.4, -0.2) is 24.3 Å². The molecule has 1 aromatic rings. The van der Waals surface area contributed by atoms with Crippen molar-refractivity contribution in [3.8, 4) is 0 Å². The number of nitrogens with one attached hydrogen (secondary N) is 1. The second-order valence-corrected chi connectivity index (χ2v) is 5.96. The van der Waals surface area contributed by atoms with E-state index >= 15 is 0 Å². The summed E-state index contributed by atoms with van der Waals surface area (Å²) in [6.45, 7) is 3.84. The van der Waals surface area contributed by atoms with Crippen LogP contribution in [0.15, 0.2) is 24.3 Å². The third-order valence-electron chi connectivity index (χ3n) is 4.33. The molecule has 0 amide bonds. The van der Waals surface area contributed by atoms with Crippen LogP contribution in [0.4, 0.5) is 13.2 Å². The molecule has 5 heteroatoms.